The van der Waals surface area contributed by atoms with Gasteiger partial charge in [0.25, 0.3) is 0 Å². The van der Waals surface area contributed by atoms with Crippen molar-refractivity contribution < 1.29 is 12.3 Å². The van der Waals surface area contributed by atoms with Gasteiger partial charge in [0.1, 0.15) is 10.5 Å². The summed E-state index contributed by atoms with van der Waals surface area (Å²) < 4.78 is 17.1. The molecule has 19 heavy (non-hydrogen) atoms. The summed E-state index contributed by atoms with van der Waals surface area (Å²) in [5.74, 6) is 0. The van der Waals surface area contributed by atoms with E-state index in [0.29, 0.717) is 0 Å². The van der Waals surface area contributed by atoms with Crippen LogP contribution in [0.25, 0.3) is 0 Å². The zero-order chi connectivity index (χ0) is 15.7. The highest BCUT2D eigenvalue weighted by Gasteiger charge is 2.37. The molecular formula is C11H32O3Si5. The lowest BCUT2D eigenvalue weighted by molar-refractivity contribution is 0.403. The number of hydrogen-bond acceptors (Lipinski definition) is 3. The quantitative estimate of drug-likeness (QED) is 0.656. The van der Waals surface area contributed by atoms with Gasteiger partial charge in [-0.1, -0.05) is 11.4 Å². The Bertz CT molecular complexity index is 254. The van der Waals surface area contributed by atoms with E-state index in [1.807, 2.05) is 11.4 Å². The highest BCUT2D eigenvalue weighted by atomic mass is 28.5. The third-order valence-corrected chi connectivity index (χ3v) is 12.1. The molecule has 114 valence electrons. The molecule has 0 atom stereocenters. The Kier molecular flexibility index (Phi) is 10.7. The summed E-state index contributed by atoms with van der Waals surface area (Å²) in [7, 11) is -4.51. The molecule has 0 aliphatic rings. The maximum atomic E-state index is 6.12. The maximum absolute atomic E-state index is 6.12. The van der Waals surface area contributed by atoms with Crippen LogP contribution in [-0.4, -0.2) is 45.4 Å². The SMILES string of the molecule is C=C[SiH2]O[SiH3].C=C[Si](C)(O[Si](C)(C)C)O[Si](C)(C)C. The fourth-order valence-corrected chi connectivity index (χ4v) is 13.3. The zero-order valence-corrected chi connectivity index (χ0v) is 20.4. The van der Waals surface area contributed by atoms with E-state index in [4.69, 9.17) is 12.3 Å². The van der Waals surface area contributed by atoms with E-state index >= 15 is 0 Å². The van der Waals surface area contributed by atoms with Crippen molar-refractivity contribution in [1.29, 1.82) is 0 Å². The van der Waals surface area contributed by atoms with Crippen LogP contribution in [0.3, 0.4) is 0 Å². The number of rotatable bonds is 7. The summed E-state index contributed by atoms with van der Waals surface area (Å²) in [6, 6.07) is 0. The van der Waals surface area contributed by atoms with E-state index in [9.17, 15) is 0 Å². The minimum absolute atomic E-state index is 0.242. The molecule has 3 nitrogen and oxygen atoms in total. The monoisotopic (exact) mass is 352 g/mol. The van der Waals surface area contributed by atoms with Gasteiger partial charge in [-0.2, -0.15) is 0 Å². The van der Waals surface area contributed by atoms with E-state index in [-0.39, 0.29) is 9.76 Å². The van der Waals surface area contributed by atoms with Crippen LogP contribution >= 0.6 is 0 Å². The van der Waals surface area contributed by atoms with Crippen molar-refractivity contribution in [3.8, 4) is 0 Å². The smallest absolute Gasteiger partial charge is 0.340 e. The van der Waals surface area contributed by atoms with Gasteiger partial charge in [-0.05, 0) is 45.8 Å². The minimum Gasteiger partial charge on any atom is -0.465 e. The predicted octanol–water partition coefficient (Wildman–Crippen LogP) is 2.00. The largest absolute Gasteiger partial charge is 0.465 e. The van der Waals surface area contributed by atoms with Crippen molar-refractivity contribution in [2.45, 2.75) is 45.8 Å². The normalized spacial score (nSPS) is 13.2. The molecule has 0 saturated carbocycles. The molecular weight excluding hydrogens is 321 g/mol. The van der Waals surface area contributed by atoms with Crippen molar-refractivity contribution in [2.24, 2.45) is 0 Å². The van der Waals surface area contributed by atoms with Crippen molar-refractivity contribution >= 4 is 45.4 Å². The lowest BCUT2D eigenvalue weighted by Crippen LogP contribution is -2.51. The van der Waals surface area contributed by atoms with Crippen molar-refractivity contribution in [3.63, 3.8) is 0 Å². The molecule has 0 heterocycles. The molecule has 0 unspecified atom stereocenters. The maximum Gasteiger partial charge on any atom is 0.340 e. The fourth-order valence-electron chi connectivity index (χ4n) is 1.44. The molecule has 0 spiro atoms. The Morgan fingerprint density at radius 3 is 1.37 bits per heavy atom. The molecule has 0 rings (SSSR count). The van der Waals surface area contributed by atoms with Crippen LogP contribution in [0.2, 0.25) is 45.8 Å². The van der Waals surface area contributed by atoms with Crippen LogP contribution in [0.15, 0.2) is 24.6 Å². The Balaban J connectivity index is 0. The molecule has 0 aliphatic carbocycles. The molecule has 0 amide bonds. The summed E-state index contributed by atoms with van der Waals surface area (Å²) in [5, 5.41) is 0. The van der Waals surface area contributed by atoms with Gasteiger partial charge in [0, 0.05) is 0 Å². The Morgan fingerprint density at radius 2 is 1.26 bits per heavy atom. The third-order valence-electron chi connectivity index (χ3n) is 1.67. The standard InChI is InChI=1S/C9H24O2Si3.C2H8OSi2/c1-9-14(8,10-12(2,3)4)11-13(5,6)7;1-2-5-3-4/h9H,1H2,2-8H3;2H,1,5H2,4H3. The molecule has 8 heteroatoms. The van der Waals surface area contributed by atoms with Crippen LogP contribution in [-0.2, 0) is 12.3 Å². The molecule has 0 aromatic heterocycles. The zero-order valence-electron chi connectivity index (χ0n) is 14.0. The topological polar surface area (TPSA) is 27.7 Å². The molecule has 0 radical (unpaired) electrons. The van der Waals surface area contributed by atoms with Gasteiger partial charge in [-0.15, -0.1) is 13.2 Å². The first-order valence-corrected chi connectivity index (χ1v) is 17.9. The van der Waals surface area contributed by atoms with Crippen LogP contribution in [0.1, 0.15) is 0 Å². The molecule has 0 bridgehead atoms. The van der Waals surface area contributed by atoms with Gasteiger partial charge in [0.2, 0.25) is 0 Å². The highest BCUT2D eigenvalue weighted by Crippen LogP contribution is 2.20. The lowest BCUT2D eigenvalue weighted by atomic mass is 11.3. The average Bonchev–Trinajstić information content (AvgIpc) is 2.14. The minimum atomic E-state index is -2.11. The molecule has 0 saturated heterocycles. The number of hydrogen-bond donors (Lipinski definition) is 0. The second-order valence-electron chi connectivity index (χ2n) is 6.39. The first-order valence-electron chi connectivity index (χ1n) is 6.53. The molecule has 0 fully saturated rings. The van der Waals surface area contributed by atoms with Gasteiger partial charge in [0.05, 0.1) is 0 Å². The summed E-state index contributed by atoms with van der Waals surface area (Å²) in [6.45, 7) is 22.6. The van der Waals surface area contributed by atoms with Crippen LogP contribution in [0.4, 0.5) is 0 Å². The van der Waals surface area contributed by atoms with Gasteiger partial charge in [-0.3, -0.25) is 0 Å². The molecule has 0 aromatic carbocycles. The second-order valence-corrected chi connectivity index (χ2v) is 22.1. The second kappa shape index (κ2) is 9.39. The third kappa shape index (κ3) is 16.4. The summed E-state index contributed by atoms with van der Waals surface area (Å²) in [5.41, 5.74) is 3.79. The summed E-state index contributed by atoms with van der Waals surface area (Å²) in [6.07, 6.45) is 0. The first kappa shape index (κ1) is 21.7. The van der Waals surface area contributed by atoms with Crippen molar-refractivity contribution in [1.82, 2.24) is 0 Å². The van der Waals surface area contributed by atoms with Gasteiger partial charge >= 0.3 is 8.56 Å². The van der Waals surface area contributed by atoms with Crippen LogP contribution in [0.5, 0.6) is 0 Å². The molecule has 0 aliphatic heterocycles. The van der Waals surface area contributed by atoms with E-state index in [0.717, 1.165) is 10.5 Å². The first-order chi connectivity index (χ1) is 8.39. The molecule has 0 N–H and O–H groups in total. The Hall–Kier alpha value is 0.444. The van der Waals surface area contributed by atoms with E-state index in [1.165, 1.54) is 0 Å². The fraction of sp³-hybridized carbons (Fsp3) is 0.636. The van der Waals surface area contributed by atoms with E-state index < -0.39 is 25.2 Å². The Morgan fingerprint density at radius 1 is 0.895 bits per heavy atom. The highest BCUT2D eigenvalue weighted by molar-refractivity contribution is 6.89. The van der Waals surface area contributed by atoms with Crippen molar-refractivity contribution in [3.05, 3.63) is 24.6 Å². The van der Waals surface area contributed by atoms with Crippen LogP contribution in [0, 0.1) is 0 Å². The van der Waals surface area contributed by atoms with E-state index in [1.54, 1.807) is 0 Å². The van der Waals surface area contributed by atoms with Crippen molar-refractivity contribution in [2.75, 3.05) is 0 Å². The summed E-state index contributed by atoms with van der Waals surface area (Å²) >= 11 is 0. The predicted molar refractivity (Wildman–Crippen MR) is 100 cm³/mol. The van der Waals surface area contributed by atoms with Gasteiger partial charge < -0.3 is 12.3 Å². The molecule has 0 aromatic rings. The van der Waals surface area contributed by atoms with Crippen LogP contribution < -0.4 is 0 Å². The van der Waals surface area contributed by atoms with E-state index in [2.05, 4.69) is 59.0 Å². The average molecular weight is 353 g/mol. The summed E-state index contributed by atoms with van der Waals surface area (Å²) in [4.78, 5) is 0. The lowest BCUT2D eigenvalue weighted by Gasteiger charge is -2.36. The Labute approximate surface area is 128 Å². The van der Waals surface area contributed by atoms with Gasteiger partial charge in [0.15, 0.2) is 26.4 Å². The van der Waals surface area contributed by atoms with Gasteiger partial charge in [-0.25, -0.2) is 0 Å².